The van der Waals surface area contributed by atoms with Crippen molar-refractivity contribution in [2.75, 3.05) is 11.9 Å². The van der Waals surface area contributed by atoms with Gasteiger partial charge in [-0.15, -0.1) is 11.3 Å². The van der Waals surface area contributed by atoms with Crippen LogP contribution in [0.15, 0.2) is 0 Å². The fraction of sp³-hybridized carbons (Fsp3) is 0.812. The fourth-order valence-electron chi connectivity index (χ4n) is 3.27. The topological polar surface area (TPSA) is 28.2 Å². The van der Waals surface area contributed by atoms with Crippen LogP contribution in [0.25, 0.3) is 0 Å². The van der Waals surface area contributed by atoms with Gasteiger partial charge in [-0.1, -0.05) is 19.8 Å². The second-order valence-electron chi connectivity index (χ2n) is 6.60. The second kappa shape index (κ2) is 6.02. The van der Waals surface area contributed by atoms with Crippen molar-refractivity contribution in [2.24, 2.45) is 5.92 Å². The van der Waals surface area contributed by atoms with Crippen LogP contribution >= 0.6 is 11.3 Å². The highest BCUT2D eigenvalue weighted by molar-refractivity contribution is 7.15. The molecule has 0 radical (unpaired) electrons. The monoisotopic (exact) mass is 293 g/mol. The van der Waals surface area contributed by atoms with E-state index < -0.39 is 0 Å². The van der Waals surface area contributed by atoms with E-state index in [4.69, 9.17) is 4.98 Å². The van der Waals surface area contributed by atoms with Gasteiger partial charge < -0.3 is 10.2 Å². The Hall–Kier alpha value is -0.610. The molecule has 0 aliphatic heterocycles. The van der Waals surface area contributed by atoms with Crippen LogP contribution in [0, 0.1) is 12.8 Å². The van der Waals surface area contributed by atoms with Crippen LogP contribution in [-0.4, -0.2) is 24.1 Å². The summed E-state index contributed by atoms with van der Waals surface area (Å²) in [7, 11) is 2.24. The minimum Gasteiger partial charge on any atom is -0.348 e. The van der Waals surface area contributed by atoms with E-state index in [-0.39, 0.29) is 0 Å². The Kier molecular flexibility index (Phi) is 4.32. The first kappa shape index (κ1) is 14.3. The Morgan fingerprint density at radius 1 is 1.25 bits per heavy atom. The molecule has 2 atom stereocenters. The van der Waals surface area contributed by atoms with E-state index in [1.54, 1.807) is 0 Å². The van der Waals surface area contributed by atoms with Gasteiger partial charge in [0.2, 0.25) is 0 Å². The Morgan fingerprint density at radius 2 is 2.00 bits per heavy atom. The number of nitrogens with zero attached hydrogens (tertiary/aromatic N) is 2. The lowest BCUT2D eigenvalue weighted by molar-refractivity contribution is 0.321. The van der Waals surface area contributed by atoms with Gasteiger partial charge in [-0.2, -0.15) is 0 Å². The third kappa shape index (κ3) is 3.17. The zero-order valence-corrected chi connectivity index (χ0v) is 13.8. The molecule has 0 saturated heterocycles. The molecule has 2 aliphatic rings. The molecule has 2 saturated carbocycles. The molecule has 112 valence electrons. The van der Waals surface area contributed by atoms with Gasteiger partial charge in [0.15, 0.2) is 5.13 Å². The molecule has 0 spiro atoms. The van der Waals surface area contributed by atoms with Crippen LogP contribution in [0.2, 0.25) is 0 Å². The first-order chi connectivity index (χ1) is 9.65. The molecule has 4 heteroatoms. The third-order valence-electron chi connectivity index (χ3n) is 4.88. The fourth-order valence-corrected chi connectivity index (χ4v) is 4.30. The van der Waals surface area contributed by atoms with Gasteiger partial charge in [0, 0.05) is 30.6 Å². The van der Waals surface area contributed by atoms with Gasteiger partial charge in [0.25, 0.3) is 0 Å². The van der Waals surface area contributed by atoms with Crippen molar-refractivity contribution in [3.05, 3.63) is 10.6 Å². The summed E-state index contributed by atoms with van der Waals surface area (Å²) < 4.78 is 0. The summed E-state index contributed by atoms with van der Waals surface area (Å²) in [5, 5.41) is 4.82. The lowest BCUT2D eigenvalue weighted by Crippen LogP contribution is -2.38. The molecular weight excluding hydrogens is 266 g/mol. The highest BCUT2D eigenvalue weighted by Gasteiger charge is 2.27. The molecule has 20 heavy (non-hydrogen) atoms. The van der Waals surface area contributed by atoms with Crippen LogP contribution in [0.5, 0.6) is 0 Å². The van der Waals surface area contributed by atoms with Crippen molar-refractivity contribution < 1.29 is 0 Å². The Labute approximate surface area is 126 Å². The SMILES string of the molecule is Cc1nc(N(C)C2CCCCC2C)sc1CNC1CC1. The number of hydrogen-bond donors (Lipinski definition) is 1. The van der Waals surface area contributed by atoms with Gasteiger partial charge in [-0.05, 0) is 38.5 Å². The maximum absolute atomic E-state index is 4.82. The number of hydrogen-bond acceptors (Lipinski definition) is 4. The minimum atomic E-state index is 0.679. The quantitative estimate of drug-likeness (QED) is 0.897. The smallest absolute Gasteiger partial charge is 0.185 e. The van der Waals surface area contributed by atoms with E-state index in [1.807, 2.05) is 11.3 Å². The molecule has 1 aromatic rings. The number of nitrogens with one attached hydrogen (secondary N) is 1. The predicted octanol–water partition coefficient (Wildman–Crippen LogP) is 3.72. The van der Waals surface area contributed by atoms with Gasteiger partial charge in [-0.25, -0.2) is 4.98 Å². The van der Waals surface area contributed by atoms with E-state index in [0.717, 1.165) is 18.5 Å². The van der Waals surface area contributed by atoms with Crippen molar-refractivity contribution in [3.63, 3.8) is 0 Å². The summed E-state index contributed by atoms with van der Waals surface area (Å²) in [5.41, 5.74) is 1.22. The Morgan fingerprint density at radius 3 is 2.70 bits per heavy atom. The lowest BCUT2D eigenvalue weighted by Gasteiger charge is -2.36. The normalized spacial score (nSPS) is 26.8. The maximum atomic E-state index is 4.82. The number of aromatic nitrogens is 1. The largest absolute Gasteiger partial charge is 0.348 e. The van der Waals surface area contributed by atoms with Crippen molar-refractivity contribution >= 4 is 16.5 Å². The van der Waals surface area contributed by atoms with E-state index in [9.17, 15) is 0 Å². The predicted molar refractivity (Wildman–Crippen MR) is 86.5 cm³/mol. The van der Waals surface area contributed by atoms with Crippen molar-refractivity contribution in [3.8, 4) is 0 Å². The zero-order valence-electron chi connectivity index (χ0n) is 13.0. The molecule has 3 rings (SSSR count). The van der Waals surface area contributed by atoms with Crippen LogP contribution in [0.4, 0.5) is 5.13 Å². The Bertz CT molecular complexity index is 453. The molecule has 2 fully saturated rings. The summed E-state index contributed by atoms with van der Waals surface area (Å²) in [4.78, 5) is 8.69. The number of thiazole rings is 1. The van der Waals surface area contributed by atoms with Crippen LogP contribution < -0.4 is 10.2 Å². The van der Waals surface area contributed by atoms with Gasteiger partial charge in [0.1, 0.15) is 0 Å². The summed E-state index contributed by atoms with van der Waals surface area (Å²) in [6, 6.07) is 1.45. The van der Waals surface area contributed by atoms with Gasteiger partial charge >= 0.3 is 0 Å². The van der Waals surface area contributed by atoms with Crippen molar-refractivity contribution in [1.82, 2.24) is 10.3 Å². The molecule has 0 amide bonds. The summed E-state index contributed by atoms with van der Waals surface area (Å²) >= 11 is 1.89. The summed E-state index contributed by atoms with van der Waals surface area (Å²) in [6.45, 7) is 5.56. The number of aryl methyl sites for hydroxylation is 1. The average molecular weight is 293 g/mol. The minimum absolute atomic E-state index is 0.679. The van der Waals surface area contributed by atoms with E-state index in [2.05, 4.69) is 31.1 Å². The highest BCUT2D eigenvalue weighted by Crippen LogP contribution is 2.33. The van der Waals surface area contributed by atoms with E-state index in [1.165, 1.54) is 54.2 Å². The molecule has 3 nitrogen and oxygen atoms in total. The first-order valence-electron chi connectivity index (χ1n) is 8.07. The summed E-state index contributed by atoms with van der Waals surface area (Å²) in [6.07, 6.45) is 8.18. The van der Waals surface area contributed by atoms with Crippen LogP contribution in [0.3, 0.4) is 0 Å². The van der Waals surface area contributed by atoms with Crippen LogP contribution in [0.1, 0.15) is 56.0 Å². The van der Waals surface area contributed by atoms with Crippen LogP contribution in [-0.2, 0) is 6.54 Å². The van der Waals surface area contributed by atoms with Crippen molar-refractivity contribution in [2.45, 2.75) is 71.0 Å². The van der Waals surface area contributed by atoms with Crippen molar-refractivity contribution in [1.29, 1.82) is 0 Å². The zero-order chi connectivity index (χ0) is 14.1. The molecule has 0 aromatic carbocycles. The van der Waals surface area contributed by atoms with Gasteiger partial charge in [-0.3, -0.25) is 0 Å². The molecule has 2 aliphatic carbocycles. The third-order valence-corrected chi connectivity index (χ3v) is 6.12. The average Bonchev–Trinajstić information content (AvgIpc) is 3.19. The second-order valence-corrected chi connectivity index (χ2v) is 7.66. The molecule has 1 heterocycles. The lowest BCUT2D eigenvalue weighted by atomic mass is 9.85. The Balaban J connectivity index is 1.67. The van der Waals surface area contributed by atoms with E-state index in [0.29, 0.717) is 6.04 Å². The number of rotatable bonds is 5. The molecule has 1 aromatic heterocycles. The molecule has 2 unspecified atom stereocenters. The summed E-state index contributed by atoms with van der Waals surface area (Å²) in [5.74, 6) is 0.797. The van der Waals surface area contributed by atoms with Gasteiger partial charge in [0.05, 0.1) is 5.69 Å². The highest BCUT2D eigenvalue weighted by atomic mass is 32.1. The maximum Gasteiger partial charge on any atom is 0.185 e. The number of anilines is 1. The standard InChI is InChI=1S/C16H27N3S/c1-11-6-4-5-7-14(11)19(3)16-18-12(2)15(20-16)10-17-13-8-9-13/h11,13-14,17H,4-10H2,1-3H3. The first-order valence-corrected chi connectivity index (χ1v) is 8.89. The molecular formula is C16H27N3S. The van der Waals surface area contributed by atoms with E-state index >= 15 is 0 Å². The molecule has 0 bridgehead atoms. The molecule has 1 N–H and O–H groups in total.